The van der Waals surface area contributed by atoms with E-state index in [0.29, 0.717) is 0 Å². The molecule has 0 aliphatic rings. The van der Waals surface area contributed by atoms with E-state index >= 15 is 0 Å². The zero-order valence-electron chi connectivity index (χ0n) is 7.36. The Labute approximate surface area is 78.7 Å². The summed E-state index contributed by atoms with van der Waals surface area (Å²) in [5.74, 6) is 0. The van der Waals surface area contributed by atoms with Crippen LogP contribution in [0.2, 0.25) is 0 Å². The molecule has 0 saturated carbocycles. The van der Waals surface area contributed by atoms with Gasteiger partial charge in [0.25, 0.3) is 0 Å². The van der Waals surface area contributed by atoms with Crippen LogP contribution in [0.5, 0.6) is 0 Å². The summed E-state index contributed by atoms with van der Waals surface area (Å²) >= 11 is 0. The number of hydrogen-bond acceptors (Lipinski definition) is 0. The Balaban J connectivity index is -0.0000000300. The summed E-state index contributed by atoms with van der Waals surface area (Å²) in [6, 6.07) is 0. The van der Waals surface area contributed by atoms with E-state index in [-0.39, 0.29) is 25.0 Å². The molecule has 0 rings (SSSR count). The normalized spacial score (nSPS) is 6.00. The predicted octanol–water partition coefficient (Wildman–Crippen LogP) is 3.12. The molecule has 0 bridgehead atoms. The first-order chi connectivity index (χ1) is 3.83. The van der Waals surface area contributed by atoms with Crippen LogP contribution in [0, 0.1) is 13.8 Å². The van der Waals surface area contributed by atoms with Gasteiger partial charge in [-0.25, -0.2) is 0 Å². The molecule has 10 heavy (non-hydrogen) atoms. The van der Waals surface area contributed by atoms with Crippen molar-refractivity contribution in [1.29, 1.82) is 0 Å². The van der Waals surface area contributed by atoms with E-state index in [0.717, 1.165) is 12.8 Å². The molecular formula is C8H18OZn-2. The monoisotopic (exact) mass is 194 g/mol. The quantitative estimate of drug-likeness (QED) is 0.479. The first kappa shape index (κ1) is 22.4. The average Bonchev–Trinajstić information content (AvgIpc) is 1.88. The Morgan fingerprint density at radius 3 is 1.00 bits per heavy atom. The summed E-state index contributed by atoms with van der Waals surface area (Å²) in [4.78, 5) is 0. The zero-order chi connectivity index (χ0) is 6.83. The third-order valence-corrected chi connectivity index (χ3v) is 0.707. The second kappa shape index (κ2) is 33.6. The summed E-state index contributed by atoms with van der Waals surface area (Å²) in [6.07, 6.45) is 4.56. The molecule has 2 heteroatoms. The van der Waals surface area contributed by atoms with Gasteiger partial charge >= 0.3 is 19.5 Å². The second-order valence-corrected chi connectivity index (χ2v) is 1.71. The van der Waals surface area contributed by atoms with Gasteiger partial charge < -0.3 is 19.3 Å². The first-order valence-electron chi connectivity index (χ1n) is 3.41. The van der Waals surface area contributed by atoms with Crippen LogP contribution in [0.15, 0.2) is 0 Å². The van der Waals surface area contributed by atoms with Crippen LogP contribution in [0.4, 0.5) is 0 Å². The van der Waals surface area contributed by atoms with Gasteiger partial charge in [-0.2, -0.15) is 12.8 Å². The van der Waals surface area contributed by atoms with Crippen molar-refractivity contribution in [3.8, 4) is 0 Å². The van der Waals surface area contributed by atoms with Crippen molar-refractivity contribution in [2.45, 2.75) is 39.5 Å². The Bertz CT molecular complexity index is 17.2. The topological polar surface area (TPSA) is 28.5 Å². The number of unbranched alkanes of at least 4 members (excludes halogenated alkanes) is 2. The molecule has 0 aromatic rings. The Hall–Kier alpha value is 0.583. The summed E-state index contributed by atoms with van der Waals surface area (Å²) < 4.78 is 0. The van der Waals surface area contributed by atoms with Gasteiger partial charge in [0.05, 0.1) is 0 Å². The summed E-state index contributed by atoms with van der Waals surface area (Å²) in [6.45, 7) is 11.4. The van der Waals surface area contributed by atoms with Crippen LogP contribution >= 0.6 is 0 Å². The fraction of sp³-hybridized carbons (Fsp3) is 0.750. The van der Waals surface area contributed by atoms with Crippen molar-refractivity contribution in [3.05, 3.63) is 13.8 Å². The van der Waals surface area contributed by atoms with E-state index in [1.165, 1.54) is 12.8 Å². The maximum Gasteiger partial charge on any atom is 2.00 e. The smallest absolute Gasteiger partial charge is 2.00 e. The first-order valence-corrected chi connectivity index (χ1v) is 3.41. The van der Waals surface area contributed by atoms with Crippen molar-refractivity contribution in [1.82, 2.24) is 0 Å². The number of rotatable bonds is 2. The fourth-order valence-corrected chi connectivity index (χ4v) is 0. The van der Waals surface area contributed by atoms with Gasteiger partial charge in [0.15, 0.2) is 0 Å². The summed E-state index contributed by atoms with van der Waals surface area (Å²) in [7, 11) is 0. The van der Waals surface area contributed by atoms with E-state index in [9.17, 15) is 0 Å². The van der Waals surface area contributed by atoms with Crippen molar-refractivity contribution in [2.24, 2.45) is 0 Å². The van der Waals surface area contributed by atoms with Gasteiger partial charge in [-0.3, -0.25) is 0 Å². The molecule has 1 nitrogen and oxygen atoms in total. The molecule has 0 spiro atoms. The Kier molecular flexibility index (Phi) is 75.4. The average molecular weight is 196 g/mol. The van der Waals surface area contributed by atoms with Crippen LogP contribution in [-0.2, 0) is 25.0 Å². The number of hydrogen-bond donors (Lipinski definition) is 0. The zero-order valence-corrected chi connectivity index (χ0v) is 10.3. The summed E-state index contributed by atoms with van der Waals surface area (Å²) in [5, 5.41) is 0. The van der Waals surface area contributed by atoms with Crippen LogP contribution < -0.4 is 0 Å². The maximum atomic E-state index is 3.60. The van der Waals surface area contributed by atoms with Gasteiger partial charge in [0, 0.05) is 0 Å². The molecule has 0 N–H and O–H groups in total. The van der Waals surface area contributed by atoms with E-state index in [4.69, 9.17) is 0 Å². The molecule has 0 unspecified atom stereocenters. The molecule has 0 saturated heterocycles. The molecule has 0 amide bonds. The fourth-order valence-electron chi connectivity index (χ4n) is 0. The molecule has 0 aliphatic carbocycles. The van der Waals surface area contributed by atoms with Crippen LogP contribution in [0.3, 0.4) is 0 Å². The molecule has 0 aromatic heterocycles. The van der Waals surface area contributed by atoms with Crippen LogP contribution in [0.1, 0.15) is 39.5 Å². The van der Waals surface area contributed by atoms with Crippen molar-refractivity contribution >= 4 is 0 Å². The Morgan fingerprint density at radius 1 is 0.900 bits per heavy atom. The van der Waals surface area contributed by atoms with E-state index in [2.05, 4.69) is 27.7 Å². The van der Waals surface area contributed by atoms with Gasteiger partial charge in [0.1, 0.15) is 0 Å². The van der Waals surface area contributed by atoms with Crippen molar-refractivity contribution in [2.75, 3.05) is 0 Å². The third-order valence-electron chi connectivity index (χ3n) is 0.707. The van der Waals surface area contributed by atoms with E-state index < -0.39 is 0 Å². The van der Waals surface area contributed by atoms with Crippen molar-refractivity contribution in [3.63, 3.8) is 0 Å². The standard InChI is InChI=1S/2C4H9.O.Zn/c2*1-3-4-2;;/h2*1,3-4H2,2H3;;/q2*-1;-2;+2. The SMILES string of the molecule is [CH2-]CCC.[CH2-]CCC.[O-2].[Zn+2]. The minimum Gasteiger partial charge on any atom is -2.00 e. The second-order valence-electron chi connectivity index (χ2n) is 1.71. The van der Waals surface area contributed by atoms with Crippen LogP contribution in [-0.4, -0.2) is 0 Å². The molecule has 0 aliphatic heterocycles. The van der Waals surface area contributed by atoms with Crippen molar-refractivity contribution < 1.29 is 25.0 Å². The molecule has 0 fully saturated rings. The van der Waals surface area contributed by atoms with Gasteiger partial charge in [0.2, 0.25) is 0 Å². The van der Waals surface area contributed by atoms with E-state index in [1.54, 1.807) is 0 Å². The minimum atomic E-state index is 0. The largest absolute Gasteiger partial charge is 2.00 e. The minimum absolute atomic E-state index is 0. The van der Waals surface area contributed by atoms with E-state index in [1.807, 2.05) is 0 Å². The molecule has 0 aromatic carbocycles. The molecule has 0 heterocycles. The van der Waals surface area contributed by atoms with Crippen LogP contribution in [0.25, 0.3) is 0 Å². The van der Waals surface area contributed by atoms with Gasteiger partial charge in [-0.05, 0) is 0 Å². The molecule has 0 radical (unpaired) electrons. The summed E-state index contributed by atoms with van der Waals surface area (Å²) in [5.41, 5.74) is 0. The molecular weight excluding hydrogens is 177 g/mol. The molecule has 60 valence electrons. The maximum absolute atomic E-state index is 3.60. The third kappa shape index (κ3) is 74.0. The predicted molar refractivity (Wildman–Crippen MR) is 41.2 cm³/mol. The van der Waals surface area contributed by atoms with Gasteiger partial charge in [-0.1, -0.05) is 26.7 Å². The molecule has 0 atom stereocenters. The van der Waals surface area contributed by atoms with Gasteiger partial charge in [-0.15, -0.1) is 0 Å². The Morgan fingerprint density at radius 2 is 1.00 bits per heavy atom.